The SMILES string of the molecule is FC(F)(F)C12CNCC1CN(c1ncc(Cl)c(Nc3ccc4[nH]ncc4c3)n1)C2. The molecule has 5 rings (SSSR count). The predicted octanol–water partition coefficient (Wildman–Crippen LogP) is 3.34. The van der Waals surface area contributed by atoms with Gasteiger partial charge in [0, 0.05) is 43.2 Å². The van der Waals surface area contributed by atoms with Crippen LogP contribution < -0.4 is 15.5 Å². The number of hydrogen-bond donors (Lipinski definition) is 3. The van der Waals surface area contributed by atoms with Gasteiger partial charge in [0.25, 0.3) is 0 Å². The van der Waals surface area contributed by atoms with Crippen molar-refractivity contribution in [3.05, 3.63) is 35.6 Å². The fourth-order valence-electron chi connectivity index (χ4n) is 4.23. The first-order valence-corrected chi connectivity index (χ1v) is 9.49. The average molecular weight is 424 g/mol. The summed E-state index contributed by atoms with van der Waals surface area (Å²) in [5.41, 5.74) is -0.144. The maximum atomic E-state index is 13.8. The Morgan fingerprint density at radius 1 is 1.28 bits per heavy atom. The van der Waals surface area contributed by atoms with Gasteiger partial charge >= 0.3 is 6.18 Å². The molecule has 2 fully saturated rings. The zero-order chi connectivity index (χ0) is 20.2. The second-order valence-corrected chi connectivity index (χ2v) is 7.93. The molecule has 0 aliphatic carbocycles. The van der Waals surface area contributed by atoms with E-state index in [0.29, 0.717) is 12.4 Å². The number of alkyl halides is 3. The number of aromatic amines is 1. The molecule has 29 heavy (non-hydrogen) atoms. The maximum Gasteiger partial charge on any atom is 0.397 e. The number of nitrogens with zero attached hydrogens (tertiary/aromatic N) is 4. The van der Waals surface area contributed by atoms with E-state index in [1.165, 1.54) is 6.20 Å². The Bertz CT molecular complexity index is 1070. The lowest BCUT2D eigenvalue weighted by atomic mass is 9.80. The third kappa shape index (κ3) is 2.98. The average Bonchev–Trinajstić information content (AvgIpc) is 3.36. The first-order valence-electron chi connectivity index (χ1n) is 9.11. The van der Waals surface area contributed by atoms with Gasteiger partial charge in [0.2, 0.25) is 5.95 Å². The van der Waals surface area contributed by atoms with E-state index in [0.717, 1.165) is 16.6 Å². The molecule has 2 aliphatic heterocycles. The lowest BCUT2D eigenvalue weighted by Crippen LogP contribution is -2.46. The molecule has 2 saturated heterocycles. The first-order chi connectivity index (χ1) is 13.9. The third-order valence-electron chi connectivity index (χ3n) is 5.81. The standard InChI is InChI=1S/C18H17ClF3N7/c19-13-6-24-16(29-7-11-5-23-8-17(11,9-29)18(20,21)22)27-15(13)26-12-1-2-14-10(3-12)4-25-28-14/h1-4,6,11,23H,5,7-9H2,(H,25,28)(H,24,26,27). The van der Waals surface area contributed by atoms with E-state index in [9.17, 15) is 13.2 Å². The van der Waals surface area contributed by atoms with E-state index in [-0.39, 0.29) is 30.6 Å². The summed E-state index contributed by atoms with van der Waals surface area (Å²) in [5.74, 6) is 0.0526. The summed E-state index contributed by atoms with van der Waals surface area (Å²) in [6.07, 6.45) is -1.18. The van der Waals surface area contributed by atoms with Gasteiger partial charge in [0.1, 0.15) is 10.4 Å². The third-order valence-corrected chi connectivity index (χ3v) is 6.08. The van der Waals surface area contributed by atoms with Gasteiger partial charge in [-0.25, -0.2) is 4.98 Å². The quantitative estimate of drug-likeness (QED) is 0.599. The summed E-state index contributed by atoms with van der Waals surface area (Å²) >= 11 is 6.23. The van der Waals surface area contributed by atoms with E-state index in [4.69, 9.17) is 11.6 Å². The lowest BCUT2D eigenvalue weighted by molar-refractivity contribution is -0.218. The largest absolute Gasteiger partial charge is 0.397 e. The van der Waals surface area contributed by atoms with Gasteiger partial charge in [-0.3, -0.25) is 5.10 Å². The molecule has 2 aliphatic rings. The fraction of sp³-hybridized carbons (Fsp3) is 0.389. The molecule has 3 aromatic rings. The van der Waals surface area contributed by atoms with Gasteiger partial charge in [-0.1, -0.05) is 11.6 Å². The Kier molecular flexibility index (Phi) is 4.11. The molecule has 2 unspecified atom stereocenters. The van der Waals surface area contributed by atoms with Crippen molar-refractivity contribution >= 4 is 40.0 Å². The van der Waals surface area contributed by atoms with Crippen molar-refractivity contribution in [2.24, 2.45) is 11.3 Å². The summed E-state index contributed by atoms with van der Waals surface area (Å²) < 4.78 is 41.3. The Morgan fingerprint density at radius 2 is 2.14 bits per heavy atom. The van der Waals surface area contributed by atoms with Crippen LogP contribution in [-0.4, -0.2) is 52.5 Å². The lowest BCUT2D eigenvalue weighted by Gasteiger charge is -2.30. The van der Waals surface area contributed by atoms with Gasteiger partial charge in [-0.05, 0) is 18.2 Å². The van der Waals surface area contributed by atoms with Crippen LogP contribution in [0.4, 0.5) is 30.6 Å². The van der Waals surface area contributed by atoms with Crippen LogP contribution >= 0.6 is 11.6 Å². The van der Waals surface area contributed by atoms with E-state index >= 15 is 0 Å². The van der Waals surface area contributed by atoms with Crippen LogP contribution in [0.1, 0.15) is 0 Å². The van der Waals surface area contributed by atoms with Crippen molar-refractivity contribution in [3.63, 3.8) is 0 Å². The number of H-pyrrole nitrogens is 1. The summed E-state index contributed by atoms with van der Waals surface area (Å²) in [6, 6.07) is 5.58. The number of rotatable bonds is 3. The number of nitrogens with one attached hydrogen (secondary N) is 3. The van der Waals surface area contributed by atoms with Gasteiger partial charge in [0.05, 0.1) is 17.9 Å². The van der Waals surface area contributed by atoms with Gasteiger partial charge < -0.3 is 15.5 Å². The molecule has 0 bridgehead atoms. The van der Waals surface area contributed by atoms with Crippen LogP contribution in [0.5, 0.6) is 0 Å². The number of fused-ring (bicyclic) bond motifs is 2. The maximum absolute atomic E-state index is 13.8. The molecule has 4 heterocycles. The predicted molar refractivity (Wildman–Crippen MR) is 103 cm³/mol. The Hall–Kier alpha value is -2.59. The molecule has 2 aromatic heterocycles. The smallest absolute Gasteiger partial charge is 0.339 e. The van der Waals surface area contributed by atoms with E-state index < -0.39 is 17.5 Å². The second kappa shape index (κ2) is 6.46. The first kappa shape index (κ1) is 18.4. The van der Waals surface area contributed by atoms with Crippen molar-refractivity contribution in [1.82, 2.24) is 25.5 Å². The summed E-state index contributed by atoms with van der Waals surface area (Å²) in [7, 11) is 0. The van der Waals surface area contributed by atoms with Crippen LogP contribution in [0.2, 0.25) is 5.02 Å². The molecule has 0 saturated carbocycles. The summed E-state index contributed by atoms with van der Waals surface area (Å²) in [6.45, 7) is 0.325. The van der Waals surface area contributed by atoms with Crippen molar-refractivity contribution in [3.8, 4) is 0 Å². The molecule has 0 amide bonds. The topological polar surface area (TPSA) is 81.8 Å². The number of benzene rings is 1. The highest BCUT2D eigenvalue weighted by molar-refractivity contribution is 6.32. The molecule has 0 radical (unpaired) electrons. The number of anilines is 3. The van der Waals surface area contributed by atoms with Crippen molar-refractivity contribution in [2.45, 2.75) is 6.18 Å². The minimum atomic E-state index is -4.29. The summed E-state index contributed by atoms with van der Waals surface area (Å²) in [5, 5.41) is 14.0. The zero-order valence-electron chi connectivity index (χ0n) is 15.1. The van der Waals surface area contributed by atoms with Crippen molar-refractivity contribution in [1.29, 1.82) is 0 Å². The highest BCUT2D eigenvalue weighted by atomic mass is 35.5. The number of hydrogen-bond acceptors (Lipinski definition) is 6. The van der Waals surface area contributed by atoms with Crippen molar-refractivity contribution in [2.75, 3.05) is 36.4 Å². The Balaban J connectivity index is 1.42. The molecular formula is C18H17ClF3N7. The van der Waals surface area contributed by atoms with Crippen LogP contribution in [0.15, 0.2) is 30.6 Å². The van der Waals surface area contributed by atoms with E-state index in [2.05, 4.69) is 30.8 Å². The Labute approximate surface area is 168 Å². The minimum absolute atomic E-state index is 0.0823. The van der Waals surface area contributed by atoms with Crippen molar-refractivity contribution < 1.29 is 13.2 Å². The molecule has 0 spiro atoms. The molecule has 1 aromatic carbocycles. The van der Waals surface area contributed by atoms with E-state index in [1.807, 2.05) is 18.2 Å². The number of halogens is 4. The van der Waals surface area contributed by atoms with Gasteiger partial charge in [-0.2, -0.15) is 23.3 Å². The minimum Gasteiger partial charge on any atom is -0.339 e. The van der Waals surface area contributed by atoms with Gasteiger partial charge in [-0.15, -0.1) is 0 Å². The molecule has 152 valence electrons. The Morgan fingerprint density at radius 3 is 2.93 bits per heavy atom. The molecule has 7 nitrogen and oxygen atoms in total. The molecular weight excluding hydrogens is 407 g/mol. The fourth-order valence-corrected chi connectivity index (χ4v) is 4.37. The molecule has 11 heteroatoms. The summed E-state index contributed by atoms with van der Waals surface area (Å²) in [4.78, 5) is 10.2. The monoisotopic (exact) mass is 423 g/mol. The zero-order valence-corrected chi connectivity index (χ0v) is 15.8. The highest BCUT2D eigenvalue weighted by Gasteiger charge is 2.65. The van der Waals surface area contributed by atoms with Crippen LogP contribution in [0.25, 0.3) is 10.9 Å². The molecule has 3 N–H and O–H groups in total. The van der Waals surface area contributed by atoms with Crippen LogP contribution in [-0.2, 0) is 0 Å². The van der Waals surface area contributed by atoms with Gasteiger partial charge in [0.15, 0.2) is 5.82 Å². The normalized spacial score (nSPS) is 24.3. The molecule has 2 atom stereocenters. The number of aromatic nitrogens is 4. The highest BCUT2D eigenvalue weighted by Crippen LogP contribution is 2.51. The van der Waals surface area contributed by atoms with Crippen LogP contribution in [0.3, 0.4) is 0 Å². The van der Waals surface area contributed by atoms with Crippen LogP contribution in [0, 0.1) is 11.3 Å². The van der Waals surface area contributed by atoms with E-state index in [1.54, 1.807) is 11.1 Å². The second-order valence-electron chi connectivity index (χ2n) is 7.53.